The molecule has 0 fully saturated rings. The third kappa shape index (κ3) is 2.87. The Morgan fingerprint density at radius 1 is 1.06 bits per heavy atom. The van der Waals surface area contributed by atoms with Gasteiger partial charge in [0.1, 0.15) is 11.3 Å². The van der Waals surface area contributed by atoms with Gasteiger partial charge in [-0.25, -0.2) is 9.36 Å². The van der Waals surface area contributed by atoms with E-state index in [4.69, 9.17) is 4.74 Å². The molecule has 3 heterocycles. The molecule has 0 radical (unpaired) electrons. The number of nitrogens with zero attached hydrogens (tertiary/aromatic N) is 2. The topological polar surface area (TPSA) is 103 Å². The lowest BCUT2D eigenvalue weighted by Crippen LogP contribution is -2.39. The molecular weight excluding hydrogens is 396 g/mol. The molecule has 0 amide bonds. The number of ether oxygens (including phenoxy) is 1. The van der Waals surface area contributed by atoms with E-state index in [1.54, 1.807) is 24.3 Å². The molecule has 0 saturated heterocycles. The van der Waals surface area contributed by atoms with Crippen molar-refractivity contribution in [1.29, 1.82) is 0 Å². The Labute approximate surface area is 177 Å². The van der Waals surface area contributed by atoms with Gasteiger partial charge in [0.15, 0.2) is 0 Å². The first-order valence-electron chi connectivity index (χ1n) is 10.0. The summed E-state index contributed by atoms with van der Waals surface area (Å²) in [5.74, 6) is 0.00260. The van der Waals surface area contributed by atoms with Gasteiger partial charge in [-0.05, 0) is 37.2 Å². The van der Waals surface area contributed by atoms with Gasteiger partial charge >= 0.3 is 5.69 Å². The summed E-state index contributed by atoms with van der Waals surface area (Å²) in [6, 6.07) is 14.3. The third-order valence-electron chi connectivity index (χ3n) is 6.00. The Kier molecular flexibility index (Phi) is 4.44. The molecule has 1 aliphatic heterocycles. The monoisotopic (exact) mass is 418 g/mol. The van der Waals surface area contributed by atoms with Crippen molar-refractivity contribution in [3.63, 3.8) is 0 Å². The van der Waals surface area contributed by atoms with Crippen LogP contribution in [-0.2, 0) is 6.42 Å². The molecular formula is C23H22N4O4. The molecule has 0 spiro atoms. The molecule has 0 bridgehead atoms. The van der Waals surface area contributed by atoms with Crippen molar-refractivity contribution in [2.24, 2.45) is 0 Å². The minimum absolute atomic E-state index is 0.112. The number of likely N-dealkylation sites (N-methyl/N-ethyl adjacent to an activating group) is 1. The minimum Gasteiger partial charge on any atom is -0.495 e. The molecule has 4 aromatic rings. The van der Waals surface area contributed by atoms with Crippen LogP contribution < -0.4 is 16.0 Å². The number of aromatic nitrogens is 3. The van der Waals surface area contributed by atoms with Gasteiger partial charge in [-0.15, -0.1) is 0 Å². The fourth-order valence-electron chi connectivity index (χ4n) is 4.55. The minimum atomic E-state index is -0.730. The second-order valence-corrected chi connectivity index (χ2v) is 7.70. The maximum Gasteiger partial charge on any atom is 0.335 e. The molecule has 8 heteroatoms. The molecule has 31 heavy (non-hydrogen) atoms. The number of benzene rings is 2. The van der Waals surface area contributed by atoms with Crippen LogP contribution in [0.25, 0.3) is 16.6 Å². The number of H-pyrrole nitrogens is 2. The van der Waals surface area contributed by atoms with E-state index in [0.717, 1.165) is 33.1 Å². The molecule has 5 rings (SSSR count). The number of aromatic hydroxyl groups is 1. The predicted molar refractivity (Wildman–Crippen MR) is 117 cm³/mol. The number of para-hydroxylation sites is 3. The summed E-state index contributed by atoms with van der Waals surface area (Å²) in [7, 11) is 3.38. The Morgan fingerprint density at radius 2 is 1.81 bits per heavy atom. The molecule has 0 unspecified atom stereocenters. The third-order valence-corrected chi connectivity index (χ3v) is 6.00. The molecule has 8 nitrogen and oxygen atoms in total. The largest absolute Gasteiger partial charge is 0.495 e. The predicted octanol–water partition coefficient (Wildman–Crippen LogP) is 2.30. The summed E-state index contributed by atoms with van der Waals surface area (Å²) in [6.07, 6.45) is 0.817. The summed E-state index contributed by atoms with van der Waals surface area (Å²) in [4.78, 5) is 33.5. The lowest BCUT2D eigenvalue weighted by molar-refractivity contribution is 0.251. The molecule has 2 aromatic carbocycles. The average molecular weight is 418 g/mol. The first kappa shape index (κ1) is 19.2. The quantitative estimate of drug-likeness (QED) is 0.474. The van der Waals surface area contributed by atoms with Gasteiger partial charge in [-0.2, -0.15) is 0 Å². The Bertz CT molecular complexity index is 1420. The van der Waals surface area contributed by atoms with E-state index in [-0.39, 0.29) is 5.56 Å². The molecule has 1 atom stereocenters. The van der Waals surface area contributed by atoms with Crippen LogP contribution in [0.4, 0.5) is 0 Å². The van der Waals surface area contributed by atoms with Crippen LogP contribution in [0.1, 0.15) is 22.9 Å². The zero-order chi connectivity index (χ0) is 21.7. The fourth-order valence-corrected chi connectivity index (χ4v) is 4.55. The summed E-state index contributed by atoms with van der Waals surface area (Å²) in [5, 5.41) is 12.3. The summed E-state index contributed by atoms with van der Waals surface area (Å²) >= 11 is 0. The van der Waals surface area contributed by atoms with Gasteiger partial charge < -0.3 is 14.8 Å². The van der Waals surface area contributed by atoms with Crippen molar-refractivity contribution in [2.75, 3.05) is 20.7 Å². The van der Waals surface area contributed by atoms with Crippen LogP contribution in [0.5, 0.6) is 11.6 Å². The molecule has 158 valence electrons. The lowest BCUT2D eigenvalue weighted by atomic mass is 9.94. The number of hydrogen-bond acceptors (Lipinski definition) is 5. The Balaban J connectivity index is 1.79. The maximum atomic E-state index is 13.0. The molecule has 2 aromatic heterocycles. The number of rotatable bonds is 3. The van der Waals surface area contributed by atoms with Crippen molar-refractivity contribution in [1.82, 2.24) is 19.4 Å². The van der Waals surface area contributed by atoms with E-state index in [0.29, 0.717) is 18.0 Å². The van der Waals surface area contributed by atoms with Gasteiger partial charge in [0.2, 0.25) is 5.88 Å². The Hall–Kier alpha value is -3.78. The number of fused-ring (bicyclic) bond motifs is 3. The Morgan fingerprint density at radius 3 is 2.61 bits per heavy atom. The van der Waals surface area contributed by atoms with E-state index >= 15 is 0 Å². The highest BCUT2D eigenvalue weighted by Gasteiger charge is 2.35. The average Bonchev–Trinajstić information content (AvgIpc) is 3.14. The summed E-state index contributed by atoms with van der Waals surface area (Å²) in [6.45, 7) is 0.701. The number of methoxy groups -OCH3 is 1. The van der Waals surface area contributed by atoms with E-state index in [1.807, 2.05) is 36.2 Å². The normalized spacial score (nSPS) is 16.4. The second kappa shape index (κ2) is 7.17. The number of nitrogens with one attached hydrogen (secondary N) is 2. The number of aromatic amines is 2. The van der Waals surface area contributed by atoms with Crippen LogP contribution in [0, 0.1) is 0 Å². The second-order valence-electron chi connectivity index (χ2n) is 7.70. The van der Waals surface area contributed by atoms with Gasteiger partial charge in [-0.3, -0.25) is 14.7 Å². The first-order chi connectivity index (χ1) is 15.0. The van der Waals surface area contributed by atoms with Gasteiger partial charge in [0.25, 0.3) is 5.56 Å². The van der Waals surface area contributed by atoms with E-state index < -0.39 is 23.2 Å². The van der Waals surface area contributed by atoms with Crippen LogP contribution in [0.15, 0.2) is 58.1 Å². The van der Waals surface area contributed by atoms with Crippen molar-refractivity contribution in [2.45, 2.75) is 12.5 Å². The SMILES string of the molecule is COc1ccccc1-n1c(O)c([C@@H]2c3[nH]c4ccccc4c3CCN2C)c(=O)[nH]c1=O. The van der Waals surface area contributed by atoms with Crippen molar-refractivity contribution in [3.05, 3.63) is 86.2 Å². The van der Waals surface area contributed by atoms with E-state index in [2.05, 4.69) is 9.97 Å². The van der Waals surface area contributed by atoms with Crippen LogP contribution in [-0.4, -0.2) is 45.2 Å². The standard InChI is InChI=1S/C23H22N4O4/c1-26-12-11-14-13-7-3-4-8-15(13)24-19(14)20(26)18-21(28)25-23(30)27(22(18)29)16-9-5-6-10-17(16)31-2/h3-10,20,24,29H,11-12H2,1-2H3,(H,25,28,30)/t20-/m1/s1. The molecule has 0 aliphatic carbocycles. The highest BCUT2D eigenvalue weighted by atomic mass is 16.5. The smallest absolute Gasteiger partial charge is 0.335 e. The van der Waals surface area contributed by atoms with Crippen LogP contribution in [0.3, 0.4) is 0 Å². The zero-order valence-electron chi connectivity index (χ0n) is 17.2. The zero-order valence-corrected chi connectivity index (χ0v) is 17.2. The van der Waals surface area contributed by atoms with Crippen molar-refractivity contribution < 1.29 is 9.84 Å². The highest BCUT2D eigenvalue weighted by Crippen LogP contribution is 2.39. The van der Waals surface area contributed by atoms with Crippen LogP contribution in [0.2, 0.25) is 0 Å². The van der Waals surface area contributed by atoms with Crippen molar-refractivity contribution >= 4 is 10.9 Å². The number of hydrogen-bond donors (Lipinski definition) is 3. The van der Waals surface area contributed by atoms with Crippen molar-refractivity contribution in [3.8, 4) is 17.3 Å². The van der Waals surface area contributed by atoms with Crippen LogP contribution >= 0.6 is 0 Å². The maximum absolute atomic E-state index is 13.0. The van der Waals surface area contributed by atoms with Gasteiger partial charge in [0, 0.05) is 23.1 Å². The fraction of sp³-hybridized carbons (Fsp3) is 0.217. The highest BCUT2D eigenvalue weighted by molar-refractivity contribution is 5.85. The van der Waals surface area contributed by atoms with Gasteiger partial charge in [-0.1, -0.05) is 30.3 Å². The summed E-state index contributed by atoms with van der Waals surface area (Å²) < 4.78 is 6.45. The lowest BCUT2D eigenvalue weighted by Gasteiger charge is -2.33. The van der Waals surface area contributed by atoms with Gasteiger partial charge in [0.05, 0.1) is 18.8 Å². The van der Waals surface area contributed by atoms with E-state index in [9.17, 15) is 14.7 Å². The molecule has 3 N–H and O–H groups in total. The first-order valence-corrected chi connectivity index (χ1v) is 10.0. The molecule has 1 aliphatic rings. The molecule has 0 saturated carbocycles. The summed E-state index contributed by atoms with van der Waals surface area (Å²) in [5.41, 5.74) is 2.05. The van der Waals surface area contributed by atoms with E-state index in [1.165, 1.54) is 7.11 Å².